The molecule has 0 radical (unpaired) electrons. The Kier molecular flexibility index (Phi) is 16.0. The predicted molar refractivity (Wildman–Crippen MR) is 83.5 cm³/mol. The van der Waals surface area contributed by atoms with Crippen molar-refractivity contribution in [2.24, 2.45) is 0 Å². The number of rotatable bonds is 16. The summed E-state index contributed by atoms with van der Waals surface area (Å²) >= 11 is 0. The largest absolute Gasteiger partial charge is 0.438 e. The first kappa shape index (κ1) is 19.4. The van der Waals surface area contributed by atoms with E-state index in [0.29, 0.717) is 12.9 Å². The van der Waals surface area contributed by atoms with E-state index in [9.17, 15) is 9.90 Å². The van der Waals surface area contributed by atoms with Gasteiger partial charge >= 0.3 is 0 Å². The molecule has 1 N–H and O–H groups in total. The van der Waals surface area contributed by atoms with Gasteiger partial charge in [0.2, 0.25) is 0 Å². The van der Waals surface area contributed by atoms with Crippen molar-refractivity contribution in [2.45, 2.75) is 103 Å². The smallest absolute Gasteiger partial charge is 0.295 e. The lowest BCUT2D eigenvalue weighted by Crippen LogP contribution is -2.09. The first-order valence-electron chi connectivity index (χ1n) is 8.58. The summed E-state index contributed by atoms with van der Waals surface area (Å²) in [7, 11) is 0. The summed E-state index contributed by atoms with van der Waals surface area (Å²) in [6, 6.07) is 0. The Morgan fingerprint density at radius 3 is 1.60 bits per heavy atom. The number of ether oxygens (including phenoxy) is 1. The monoisotopic (exact) mass is 286 g/mol. The molecule has 0 aliphatic carbocycles. The summed E-state index contributed by atoms with van der Waals surface area (Å²) in [4.78, 5) is 9.97. The van der Waals surface area contributed by atoms with Crippen molar-refractivity contribution >= 4 is 6.47 Å². The fourth-order valence-corrected chi connectivity index (χ4v) is 2.47. The summed E-state index contributed by atoms with van der Waals surface area (Å²) < 4.78 is 4.42. The molecule has 0 fully saturated rings. The Morgan fingerprint density at radius 2 is 1.20 bits per heavy atom. The fourth-order valence-electron chi connectivity index (χ4n) is 2.47. The van der Waals surface area contributed by atoms with E-state index >= 15 is 0 Å². The van der Waals surface area contributed by atoms with Crippen LogP contribution >= 0.6 is 0 Å². The Bertz CT molecular complexity index is 195. The van der Waals surface area contributed by atoms with Crippen LogP contribution in [0.3, 0.4) is 0 Å². The minimum Gasteiger partial charge on any atom is -0.438 e. The van der Waals surface area contributed by atoms with E-state index in [4.69, 9.17) is 0 Å². The fraction of sp³-hybridized carbons (Fsp3) is 0.941. The first-order chi connectivity index (χ1) is 9.81. The van der Waals surface area contributed by atoms with Gasteiger partial charge in [0.1, 0.15) is 0 Å². The number of aliphatic hydroxyl groups is 1. The molecule has 0 aromatic carbocycles. The Hall–Kier alpha value is -0.570. The van der Waals surface area contributed by atoms with Gasteiger partial charge in [-0.25, -0.2) is 0 Å². The van der Waals surface area contributed by atoms with Crippen LogP contribution < -0.4 is 0 Å². The first-order valence-corrected chi connectivity index (χ1v) is 8.58. The minimum atomic E-state index is -0.903. The van der Waals surface area contributed by atoms with Gasteiger partial charge < -0.3 is 9.84 Å². The molecule has 20 heavy (non-hydrogen) atoms. The van der Waals surface area contributed by atoms with Gasteiger partial charge in [0.05, 0.1) is 0 Å². The van der Waals surface area contributed by atoms with E-state index in [0.717, 1.165) is 12.8 Å². The maximum atomic E-state index is 9.97. The van der Waals surface area contributed by atoms with Gasteiger partial charge in [-0.2, -0.15) is 0 Å². The third-order valence-electron chi connectivity index (χ3n) is 3.77. The molecule has 0 saturated carbocycles. The molecule has 1 atom stereocenters. The maximum Gasteiger partial charge on any atom is 0.295 e. The second-order valence-corrected chi connectivity index (χ2v) is 5.72. The number of hydrogen-bond acceptors (Lipinski definition) is 3. The molecular formula is C17H34O3. The summed E-state index contributed by atoms with van der Waals surface area (Å²) in [5, 5.41) is 9.17. The number of hydrogen-bond donors (Lipinski definition) is 1. The van der Waals surface area contributed by atoms with Crippen LogP contribution in [0.4, 0.5) is 0 Å². The van der Waals surface area contributed by atoms with E-state index in [1.807, 2.05) is 0 Å². The zero-order valence-corrected chi connectivity index (χ0v) is 13.3. The number of carbonyl (C=O) groups excluding carboxylic acids is 1. The van der Waals surface area contributed by atoms with Crippen molar-refractivity contribution < 1.29 is 14.6 Å². The molecule has 0 rings (SSSR count). The van der Waals surface area contributed by atoms with Crippen LogP contribution in [0.5, 0.6) is 0 Å². The lowest BCUT2D eigenvalue weighted by molar-refractivity contribution is -0.152. The SMILES string of the molecule is CCCCCCCCCCCCCCCC(O)OC=O. The molecule has 0 amide bonds. The van der Waals surface area contributed by atoms with Crippen LogP contribution in [0.1, 0.15) is 96.8 Å². The molecule has 0 aromatic rings. The van der Waals surface area contributed by atoms with Gasteiger partial charge in [0, 0.05) is 6.42 Å². The lowest BCUT2D eigenvalue weighted by atomic mass is 10.0. The van der Waals surface area contributed by atoms with Gasteiger partial charge in [0.25, 0.3) is 6.47 Å². The van der Waals surface area contributed by atoms with Gasteiger partial charge in [-0.15, -0.1) is 0 Å². The molecule has 1 unspecified atom stereocenters. The van der Waals surface area contributed by atoms with Crippen molar-refractivity contribution in [3.8, 4) is 0 Å². The van der Waals surface area contributed by atoms with Crippen LogP contribution in [0.25, 0.3) is 0 Å². The summed E-state index contributed by atoms with van der Waals surface area (Å²) in [6.07, 6.45) is 16.7. The second-order valence-electron chi connectivity index (χ2n) is 5.72. The lowest BCUT2D eigenvalue weighted by Gasteiger charge is -2.07. The van der Waals surface area contributed by atoms with Crippen molar-refractivity contribution in [3.63, 3.8) is 0 Å². The van der Waals surface area contributed by atoms with E-state index in [1.165, 1.54) is 70.6 Å². The quantitative estimate of drug-likeness (QED) is 0.248. The highest BCUT2D eigenvalue weighted by molar-refractivity contribution is 5.37. The van der Waals surface area contributed by atoms with Crippen LogP contribution in [-0.2, 0) is 9.53 Å². The van der Waals surface area contributed by atoms with Crippen LogP contribution in [0.15, 0.2) is 0 Å². The van der Waals surface area contributed by atoms with Crippen molar-refractivity contribution in [2.75, 3.05) is 0 Å². The van der Waals surface area contributed by atoms with Crippen LogP contribution in [-0.4, -0.2) is 17.9 Å². The minimum absolute atomic E-state index is 0.312. The van der Waals surface area contributed by atoms with Gasteiger partial charge in [0.15, 0.2) is 6.29 Å². The second kappa shape index (κ2) is 16.5. The molecule has 0 spiro atoms. The molecule has 3 heteroatoms. The van der Waals surface area contributed by atoms with Crippen molar-refractivity contribution in [1.82, 2.24) is 0 Å². The Morgan fingerprint density at radius 1 is 0.800 bits per heavy atom. The van der Waals surface area contributed by atoms with E-state index in [-0.39, 0.29) is 0 Å². The number of unbranched alkanes of at least 4 members (excludes halogenated alkanes) is 12. The van der Waals surface area contributed by atoms with Crippen molar-refractivity contribution in [3.05, 3.63) is 0 Å². The molecular weight excluding hydrogens is 252 g/mol. The predicted octanol–water partition coefficient (Wildman–Crippen LogP) is 4.96. The van der Waals surface area contributed by atoms with Gasteiger partial charge in [-0.3, -0.25) is 4.79 Å². The van der Waals surface area contributed by atoms with E-state index in [2.05, 4.69) is 11.7 Å². The van der Waals surface area contributed by atoms with Crippen LogP contribution in [0, 0.1) is 0 Å². The average molecular weight is 286 g/mol. The number of aliphatic hydroxyl groups excluding tert-OH is 1. The normalized spacial score (nSPS) is 12.3. The Labute approximate surface area is 125 Å². The summed E-state index contributed by atoms with van der Waals surface area (Å²) in [5.74, 6) is 0. The zero-order chi connectivity index (χ0) is 14.9. The topological polar surface area (TPSA) is 46.5 Å². The zero-order valence-electron chi connectivity index (χ0n) is 13.3. The van der Waals surface area contributed by atoms with E-state index < -0.39 is 6.29 Å². The summed E-state index contributed by atoms with van der Waals surface area (Å²) in [6.45, 7) is 2.57. The molecule has 120 valence electrons. The van der Waals surface area contributed by atoms with Crippen LogP contribution in [0.2, 0.25) is 0 Å². The highest BCUT2D eigenvalue weighted by Gasteiger charge is 2.02. The molecule has 0 aromatic heterocycles. The average Bonchev–Trinajstić information content (AvgIpc) is 2.44. The van der Waals surface area contributed by atoms with Crippen molar-refractivity contribution in [1.29, 1.82) is 0 Å². The molecule has 0 bridgehead atoms. The van der Waals surface area contributed by atoms with E-state index in [1.54, 1.807) is 0 Å². The highest BCUT2D eigenvalue weighted by atomic mass is 16.6. The third-order valence-corrected chi connectivity index (χ3v) is 3.77. The maximum absolute atomic E-state index is 9.97. The summed E-state index contributed by atoms with van der Waals surface area (Å²) in [5.41, 5.74) is 0. The molecule has 0 aliphatic rings. The number of carbonyl (C=O) groups is 1. The van der Waals surface area contributed by atoms with Gasteiger partial charge in [-0.1, -0.05) is 84.0 Å². The third kappa shape index (κ3) is 15.5. The molecule has 0 aliphatic heterocycles. The molecule has 3 nitrogen and oxygen atoms in total. The molecule has 0 heterocycles. The highest BCUT2D eigenvalue weighted by Crippen LogP contribution is 2.13. The molecule has 0 saturated heterocycles. The standard InChI is InChI=1S/C17H34O3/c1-2-3-4-5-6-7-8-9-10-11-12-13-14-15-17(19)20-16-18/h16-17,19H,2-15H2,1H3. The Balaban J connectivity index is 3.01. The van der Waals surface area contributed by atoms with Gasteiger partial charge in [-0.05, 0) is 6.42 Å².